The predicted molar refractivity (Wildman–Crippen MR) is 100 cm³/mol. The molecule has 0 radical (unpaired) electrons. The minimum Gasteiger partial charge on any atom is -0.454 e. The van der Waals surface area contributed by atoms with Crippen LogP contribution in [0.25, 0.3) is 0 Å². The van der Waals surface area contributed by atoms with Crippen molar-refractivity contribution in [1.82, 2.24) is 15.3 Å². The third kappa shape index (κ3) is 4.23. The molecule has 1 amide bonds. The minimum absolute atomic E-state index is 0.101. The van der Waals surface area contributed by atoms with Crippen LogP contribution in [0.3, 0.4) is 0 Å². The zero-order valence-electron chi connectivity index (χ0n) is 15.3. The lowest BCUT2D eigenvalue weighted by Crippen LogP contribution is -2.24. The van der Waals surface area contributed by atoms with Gasteiger partial charge in [-0.1, -0.05) is 6.07 Å². The SMILES string of the molecule is Cc1cc(C(=O)NCc2ccc3c(c2)OCO3)nc(Nc2ccc(F)c(F)c2)n1. The molecule has 0 unspecified atom stereocenters. The van der Waals surface area contributed by atoms with Gasteiger partial charge in [-0.2, -0.15) is 0 Å². The first-order valence-electron chi connectivity index (χ1n) is 8.72. The highest BCUT2D eigenvalue weighted by Gasteiger charge is 2.15. The summed E-state index contributed by atoms with van der Waals surface area (Å²) in [6.45, 7) is 2.15. The Morgan fingerprint density at radius 3 is 2.69 bits per heavy atom. The Morgan fingerprint density at radius 1 is 1.03 bits per heavy atom. The lowest BCUT2D eigenvalue weighted by atomic mass is 10.2. The van der Waals surface area contributed by atoms with Crippen LogP contribution in [0.5, 0.6) is 11.5 Å². The molecule has 0 aliphatic carbocycles. The van der Waals surface area contributed by atoms with Crippen molar-refractivity contribution in [2.45, 2.75) is 13.5 Å². The summed E-state index contributed by atoms with van der Waals surface area (Å²) in [4.78, 5) is 20.8. The maximum Gasteiger partial charge on any atom is 0.270 e. The second-order valence-electron chi connectivity index (χ2n) is 6.34. The van der Waals surface area contributed by atoms with Gasteiger partial charge in [-0.25, -0.2) is 18.7 Å². The molecule has 2 aromatic carbocycles. The van der Waals surface area contributed by atoms with E-state index in [9.17, 15) is 13.6 Å². The van der Waals surface area contributed by atoms with Crippen LogP contribution in [0.15, 0.2) is 42.5 Å². The molecular formula is C20H16F2N4O3. The number of hydrogen-bond acceptors (Lipinski definition) is 6. The second-order valence-corrected chi connectivity index (χ2v) is 6.34. The maximum absolute atomic E-state index is 13.4. The Kier molecular flexibility index (Phi) is 4.94. The number of benzene rings is 2. The average molecular weight is 398 g/mol. The highest BCUT2D eigenvalue weighted by Crippen LogP contribution is 2.32. The van der Waals surface area contributed by atoms with Gasteiger partial charge >= 0.3 is 0 Å². The fourth-order valence-corrected chi connectivity index (χ4v) is 2.77. The molecule has 1 aliphatic rings. The van der Waals surface area contributed by atoms with E-state index >= 15 is 0 Å². The van der Waals surface area contributed by atoms with Crippen molar-refractivity contribution in [3.05, 3.63) is 71.1 Å². The molecule has 0 fully saturated rings. The molecule has 0 saturated heterocycles. The van der Waals surface area contributed by atoms with E-state index in [-0.39, 0.29) is 30.7 Å². The molecule has 0 bridgehead atoms. The summed E-state index contributed by atoms with van der Waals surface area (Å²) >= 11 is 0. The van der Waals surface area contributed by atoms with Crippen molar-refractivity contribution in [3.8, 4) is 11.5 Å². The number of nitrogens with zero attached hydrogens (tertiary/aromatic N) is 2. The van der Waals surface area contributed by atoms with E-state index in [4.69, 9.17) is 9.47 Å². The molecule has 7 nitrogen and oxygen atoms in total. The largest absolute Gasteiger partial charge is 0.454 e. The van der Waals surface area contributed by atoms with Gasteiger partial charge in [0.1, 0.15) is 5.69 Å². The van der Waals surface area contributed by atoms with E-state index in [1.54, 1.807) is 19.1 Å². The summed E-state index contributed by atoms with van der Waals surface area (Å²) in [7, 11) is 0. The van der Waals surface area contributed by atoms with Gasteiger partial charge in [0, 0.05) is 24.0 Å². The van der Waals surface area contributed by atoms with Crippen LogP contribution in [-0.2, 0) is 6.54 Å². The summed E-state index contributed by atoms with van der Waals surface area (Å²) in [5.74, 6) is -0.952. The number of carbonyl (C=O) groups excluding carboxylic acids is 1. The number of nitrogens with one attached hydrogen (secondary N) is 2. The molecule has 2 heterocycles. The van der Waals surface area contributed by atoms with Gasteiger partial charge in [-0.05, 0) is 42.8 Å². The standard InChI is InChI=1S/C20H16F2N4O3/c1-11-6-16(26-20(24-11)25-13-3-4-14(21)15(22)8-13)19(27)23-9-12-2-5-17-18(7-12)29-10-28-17/h2-8H,9-10H2,1H3,(H,23,27)(H,24,25,26). The molecule has 29 heavy (non-hydrogen) atoms. The van der Waals surface area contributed by atoms with E-state index in [0.717, 1.165) is 17.7 Å². The predicted octanol–water partition coefficient (Wildman–Crippen LogP) is 3.47. The maximum atomic E-state index is 13.4. The first kappa shape index (κ1) is 18.6. The Balaban J connectivity index is 1.46. The van der Waals surface area contributed by atoms with Crippen molar-refractivity contribution < 1.29 is 23.0 Å². The quantitative estimate of drug-likeness (QED) is 0.685. The van der Waals surface area contributed by atoms with Gasteiger partial charge in [0.05, 0.1) is 0 Å². The molecule has 9 heteroatoms. The number of hydrogen-bond donors (Lipinski definition) is 2. The molecule has 0 saturated carbocycles. The van der Waals surface area contributed by atoms with Crippen LogP contribution in [0.1, 0.15) is 21.7 Å². The number of anilines is 2. The smallest absolute Gasteiger partial charge is 0.270 e. The number of fused-ring (bicyclic) bond motifs is 1. The summed E-state index contributed by atoms with van der Waals surface area (Å²) < 4.78 is 37.0. The highest BCUT2D eigenvalue weighted by molar-refractivity contribution is 5.92. The van der Waals surface area contributed by atoms with Gasteiger partial charge in [0.25, 0.3) is 5.91 Å². The molecule has 3 aromatic rings. The van der Waals surface area contributed by atoms with Crippen LogP contribution >= 0.6 is 0 Å². The zero-order valence-corrected chi connectivity index (χ0v) is 15.3. The Bertz CT molecular complexity index is 1090. The normalized spacial score (nSPS) is 12.0. The van der Waals surface area contributed by atoms with Crippen LogP contribution < -0.4 is 20.1 Å². The summed E-state index contributed by atoms with van der Waals surface area (Å²) in [6, 6.07) is 10.3. The molecule has 148 valence electrons. The molecule has 0 atom stereocenters. The van der Waals surface area contributed by atoms with Crippen molar-refractivity contribution in [3.63, 3.8) is 0 Å². The van der Waals surface area contributed by atoms with Crippen molar-refractivity contribution >= 4 is 17.5 Å². The zero-order chi connectivity index (χ0) is 20.4. The number of ether oxygens (including phenoxy) is 2. The van der Waals surface area contributed by atoms with E-state index in [1.807, 2.05) is 6.07 Å². The topological polar surface area (TPSA) is 85.4 Å². The van der Waals surface area contributed by atoms with E-state index in [0.29, 0.717) is 17.2 Å². The third-order valence-corrected chi connectivity index (χ3v) is 4.15. The fourth-order valence-electron chi connectivity index (χ4n) is 2.77. The first-order chi connectivity index (χ1) is 14.0. The Labute approximate surface area is 164 Å². The van der Waals surface area contributed by atoms with Crippen LogP contribution in [-0.4, -0.2) is 22.7 Å². The first-order valence-corrected chi connectivity index (χ1v) is 8.72. The molecule has 1 aromatic heterocycles. The van der Waals surface area contributed by atoms with Gasteiger partial charge < -0.3 is 20.1 Å². The van der Waals surface area contributed by atoms with Crippen LogP contribution in [0.4, 0.5) is 20.4 Å². The van der Waals surface area contributed by atoms with E-state index in [1.165, 1.54) is 12.1 Å². The van der Waals surface area contributed by atoms with Crippen molar-refractivity contribution in [1.29, 1.82) is 0 Å². The summed E-state index contributed by atoms with van der Waals surface area (Å²) in [5, 5.41) is 5.55. The molecule has 4 rings (SSSR count). The highest BCUT2D eigenvalue weighted by atomic mass is 19.2. The average Bonchev–Trinajstić information content (AvgIpc) is 3.16. The minimum atomic E-state index is -0.996. The van der Waals surface area contributed by atoms with Crippen molar-refractivity contribution in [2.75, 3.05) is 12.1 Å². The van der Waals surface area contributed by atoms with Gasteiger partial charge in [-0.15, -0.1) is 0 Å². The molecule has 2 N–H and O–H groups in total. The third-order valence-electron chi connectivity index (χ3n) is 4.15. The van der Waals surface area contributed by atoms with Gasteiger partial charge in [0.15, 0.2) is 23.1 Å². The number of aryl methyl sites for hydroxylation is 1. The van der Waals surface area contributed by atoms with Gasteiger partial charge in [0.2, 0.25) is 12.7 Å². The van der Waals surface area contributed by atoms with Crippen molar-refractivity contribution in [2.24, 2.45) is 0 Å². The van der Waals surface area contributed by atoms with E-state index < -0.39 is 17.5 Å². The number of aromatic nitrogens is 2. The number of halogens is 2. The second kappa shape index (κ2) is 7.70. The Morgan fingerprint density at radius 2 is 1.86 bits per heavy atom. The van der Waals surface area contributed by atoms with Crippen LogP contribution in [0, 0.1) is 18.6 Å². The number of amides is 1. The molecule has 1 aliphatic heterocycles. The summed E-state index contributed by atoms with van der Waals surface area (Å²) in [5.41, 5.74) is 1.79. The molecule has 0 spiro atoms. The Hall–Kier alpha value is -3.75. The monoisotopic (exact) mass is 398 g/mol. The summed E-state index contributed by atoms with van der Waals surface area (Å²) in [6.07, 6.45) is 0. The van der Waals surface area contributed by atoms with Gasteiger partial charge in [-0.3, -0.25) is 4.79 Å². The number of rotatable bonds is 5. The lowest BCUT2D eigenvalue weighted by Gasteiger charge is -2.09. The fraction of sp³-hybridized carbons (Fsp3) is 0.150. The number of carbonyl (C=O) groups is 1. The van der Waals surface area contributed by atoms with Crippen LogP contribution in [0.2, 0.25) is 0 Å². The van der Waals surface area contributed by atoms with E-state index in [2.05, 4.69) is 20.6 Å². The lowest BCUT2D eigenvalue weighted by molar-refractivity contribution is 0.0945. The molecular weight excluding hydrogens is 382 g/mol.